The van der Waals surface area contributed by atoms with Crippen molar-refractivity contribution in [3.05, 3.63) is 48.0 Å². The second-order valence-corrected chi connectivity index (χ2v) is 9.93. The maximum Gasteiger partial charge on any atom is 0.411 e. The minimum absolute atomic E-state index is 0.0477. The van der Waals surface area contributed by atoms with Crippen molar-refractivity contribution in [2.24, 2.45) is 17.8 Å². The number of rotatable bonds is 6. The number of nitrogens with zero attached hydrogens (tertiary/aromatic N) is 2. The van der Waals surface area contributed by atoms with E-state index in [1.54, 1.807) is 7.11 Å². The first-order valence-corrected chi connectivity index (χ1v) is 12.5. The number of benzene rings is 2. The molecule has 1 N–H and O–H groups in total. The molecular formula is C29H35N3O3. The lowest BCUT2D eigenvalue weighted by atomic mass is 9.75. The van der Waals surface area contributed by atoms with Crippen molar-refractivity contribution in [2.75, 3.05) is 12.4 Å². The molecule has 0 radical (unpaired) electrons. The summed E-state index contributed by atoms with van der Waals surface area (Å²) in [6, 6.07) is 15.8. The van der Waals surface area contributed by atoms with Crippen LogP contribution in [0.3, 0.4) is 0 Å². The second kappa shape index (κ2) is 10.4. The van der Waals surface area contributed by atoms with Crippen molar-refractivity contribution in [2.45, 2.75) is 59.6 Å². The van der Waals surface area contributed by atoms with Gasteiger partial charge in [-0.05, 0) is 67.3 Å². The van der Waals surface area contributed by atoms with Crippen LogP contribution in [0.5, 0.6) is 5.75 Å². The van der Waals surface area contributed by atoms with Crippen LogP contribution < -0.4 is 10.1 Å². The molecule has 3 atom stereocenters. The van der Waals surface area contributed by atoms with E-state index in [4.69, 9.17) is 9.47 Å². The first-order valence-electron chi connectivity index (χ1n) is 12.5. The SMILES string of the molecule is CCn1c(-c2ccc(NC(=O)OC3C[C@H](C)CC[C@H]3C(C)C)cc2)c(C#N)c2ccc(OC)cc21. The first-order chi connectivity index (χ1) is 16.9. The van der Waals surface area contributed by atoms with Crippen LogP contribution in [0.4, 0.5) is 10.5 Å². The zero-order valence-corrected chi connectivity index (χ0v) is 21.3. The summed E-state index contributed by atoms with van der Waals surface area (Å²) in [6.07, 6.45) is 2.75. The van der Waals surface area contributed by atoms with Crippen LogP contribution >= 0.6 is 0 Å². The zero-order chi connectivity index (χ0) is 25.1. The van der Waals surface area contributed by atoms with E-state index in [1.165, 1.54) is 6.42 Å². The molecule has 1 fully saturated rings. The van der Waals surface area contributed by atoms with Crippen LogP contribution in [0, 0.1) is 29.1 Å². The summed E-state index contributed by atoms with van der Waals surface area (Å²) < 4.78 is 13.4. The number of nitrogens with one attached hydrogen (secondary N) is 1. The van der Waals surface area contributed by atoms with Crippen LogP contribution in [-0.4, -0.2) is 23.9 Å². The number of aryl methyl sites for hydroxylation is 1. The number of carbonyl (C=O) groups excluding carboxylic acids is 1. The zero-order valence-electron chi connectivity index (χ0n) is 21.3. The monoisotopic (exact) mass is 473 g/mol. The van der Waals surface area contributed by atoms with E-state index in [2.05, 4.69) is 43.6 Å². The van der Waals surface area contributed by atoms with Crippen LogP contribution in [-0.2, 0) is 11.3 Å². The second-order valence-electron chi connectivity index (χ2n) is 9.93. The predicted molar refractivity (Wildman–Crippen MR) is 140 cm³/mol. The molecule has 0 bridgehead atoms. The number of amides is 1. The molecule has 1 heterocycles. The van der Waals surface area contributed by atoms with Gasteiger partial charge >= 0.3 is 6.09 Å². The quantitative estimate of drug-likeness (QED) is 0.410. The third-order valence-electron chi connectivity index (χ3n) is 7.32. The Labute approximate surface area is 207 Å². The van der Waals surface area contributed by atoms with E-state index in [1.807, 2.05) is 42.5 Å². The Kier molecular flexibility index (Phi) is 7.35. The van der Waals surface area contributed by atoms with Gasteiger partial charge in [0.1, 0.15) is 17.9 Å². The Balaban J connectivity index is 1.55. The number of hydrogen-bond acceptors (Lipinski definition) is 4. The van der Waals surface area contributed by atoms with Gasteiger partial charge in [-0.25, -0.2) is 4.79 Å². The Morgan fingerprint density at radius 3 is 2.57 bits per heavy atom. The van der Waals surface area contributed by atoms with Crippen LogP contribution in [0.15, 0.2) is 42.5 Å². The molecule has 1 aliphatic carbocycles. The van der Waals surface area contributed by atoms with Crippen molar-refractivity contribution < 1.29 is 14.3 Å². The third kappa shape index (κ3) is 5.00. The van der Waals surface area contributed by atoms with E-state index in [0.29, 0.717) is 35.5 Å². The molecule has 1 unspecified atom stereocenters. The Bertz CT molecular complexity index is 1240. The summed E-state index contributed by atoms with van der Waals surface area (Å²) in [5.74, 6) is 2.21. The summed E-state index contributed by atoms with van der Waals surface area (Å²) >= 11 is 0. The highest BCUT2D eigenvalue weighted by molar-refractivity contribution is 5.95. The molecule has 0 aliphatic heterocycles. The summed E-state index contributed by atoms with van der Waals surface area (Å²) in [5, 5.41) is 13.7. The highest BCUT2D eigenvalue weighted by Gasteiger charge is 2.33. The van der Waals surface area contributed by atoms with E-state index in [9.17, 15) is 10.1 Å². The maximum atomic E-state index is 12.7. The molecule has 3 aromatic rings. The molecule has 6 nitrogen and oxygen atoms in total. The highest BCUT2D eigenvalue weighted by atomic mass is 16.6. The first kappa shape index (κ1) is 24.7. The number of ether oxygens (including phenoxy) is 2. The molecule has 4 rings (SSSR count). The molecular weight excluding hydrogens is 438 g/mol. The minimum atomic E-state index is -0.407. The topological polar surface area (TPSA) is 76.3 Å². The highest BCUT2D eigenvalue weighted by Crippen LogP contribution is 2.37. The van der Waals surface area contributed by atoms with Gasteiger partial charge in [0.25, 0.3) is 0 Å². The van der Waals surface area contributed by atoms with E-state index in [-0.39, 0.29) is 6.10 Å². The van der Waals surface area contributed by atoms with Crippen LogP contribution in [0.2, 0.25) is 0 Å². The summed E-state index contributed by atoms with van der Waals surface area (Å²) in [4.78, 5) is 12.7. The molecule has 0 saturated heterocycles. The molecule has 1 amide bonds. The average molecular weight is 474 g/mol. The molecule has 35 heavy (non-hydrogen) atoms. The number of methoxy groups -OCH3 is 1. The van der Waals surface area contributed by atoms with E-state index >= 15 is 0 Å². The lowest BCUT2D eigenvalue weighted by Crippen LogP contribution is -2.36. The smallest absolute Gasteiger partial charge is 0.411 e. The predicted octanol–water partition coefficient (Wildman–Crippen LogP) is 7.22. The number of hydrogen-bond donors (Lipinski definition) is 1. The lowest BCUT2D eigenvalue weighted by Gasteiger charge is -2.36. The molecule has 0 spiro atoms. The minimum Gasteiger partial charge on any atom is -0.497 e. The molecule has 1 saturated carbocycles. The van der Waals surface area contributed by atoms with Gasteiger partial charge < -0.3 is 14.0 Å². The van der Waals surface area contributed by atoms with Gasteiger partial charge in [0.15, 0.2) is 0 Å². The largest absolute Gasteiger partial charge is 0.497 e. The molecule has 2 aromatic carbocycles. The van der Waals surface area contributed by atoms with Gasteiger partial charge in [-0.3, -0.25) is 5.32 Å². The molecule has 1 aromatic heterocycles. The molecule has 184 valence electrons. The van der Waals surface area contributed by atoms with Crippen molar-refractivity contribution in [1.29, 1.82) is 5.26 Å². The van der Waals surface area contributed by atoms with Gasteiger partial charge in [0.05, 0.1) is 23.9 Å². The number of nitriles is 1. The Hall–Kier alpha value is -3.46. The lowest BCUT2D eigenvalue weighted by molar-refractivity contribution is 0.0126. The summed E-state index contributed by atoms with van der Waals surface area (Å²) in [6.45, 7) is 9.41. The van der Waals surface area contributed by atoms with E-state index < -0.39 is 6.09 Å². The van der Waals surface area contributed by atoms with Gasteiger partial charge in [-0.1, -0.05) is 39.3 Å². The van der Waals surface area contributed by atoms with Gasteiger partial charge in [-0.15, -0.1) is 0 Å². The van der Waals surface area contributed by atoms with Crippen LogP contribution in [0.1, 0.15) is 52.5 Å². The third-order valence-corrected chi connectivity index (χ3v) is 7.32. The van der Waals surface area contributed by atoms with Gasteiger partial charge in [0, 0.05) is 23.7 Å². The fraction of sp³-hybridized carbons (Fsp3) is 0.448. The number of fused-ring (bicyclic) bond motifs is 1. The van der Waals surface area contributed by atoms with Crippen molar-refractivity contribution in [3.63, 3.8) is 0 Å². The van der Waals surface area contributed by atoms with Crippen molar-refractivity contribution >= 4 is 22.7 Å². The fourth-order valence-electron chi connectivity index (χ4n) is 5.44. The molecule has 1 aliphatic rings. The van der Waals surface area contributed by atoms with Gasteiger partial charge in [0.2, 0.25) is 0 Å². The van der Waals surface area contributed by atoms with Crippen molar-refractivity contribution in [3.8, 4) is 23.1 Å². The normalized spacial score (nSPS) is 20.0. The Morgan fingerprint density at radius 1 is 1.20 bits per heavy atom. The molecule has 6 heteroatoms. The fourth-order valence-corrected chi connectivity index (χ4v) is 5.44. The van der Waals surface area contributed by atoms with E-state index in [0.717, 1.165) is 40.8 Å². The number of aromatic nitrogens is 1. The standard InChI is InChI=1S/C29H35N3O3/c1-6-32-26-16-22(34-5)12-14-24(26)25(17-30)28(32)20-8-10-21(11-9-20)31-29(33)35-27-15-19(4)7-13-23(27)18(2)3/h8-12,14,16,18-19,23,27H,6-7,13,15H2,1-5H3,(H,31,33)/t19-,23+,27?/m1/s1. The van der Waals surface area contributed by atoms with Crippen LogP contribution in [0.25, 0.3) is 22.2 Å². The number of carbonyl (C=O) groups is 1. The summed E-state index contributed by atoms with van der Waals surface area (Å²) in [5.41, 5.74) is 4.05. The number of anilines is 1. The Morgan fingerprint density at radius 2 is 1.94 bits per heavy atom. The van der Waals surface area contributed by atoms with Gasteiger partial charge in [-0.2, -0.15) is 5.26 Å². The average Bonchev–Trinajstić information content (AvgIpc) is 3.16. The maximum absolute atomic E-state index is 12.7. The summed E-state index contributed by atoms with van der Waals surface area (Å²) in [7, 11) is 1.64. The van der Waals surface area contributed by atoms with Crippen molar-refractivity contribution in [1.82, 2.24) is 4.57 Å².